The Balaban J connectivity index is 1.85. The quantitative estimate of drug-likeness (QED) is 0.548. The zero-order chi connectivity index (χ0) is 19.6. The summed E-state index contributed by atoms with van der Waals surface area (Å²) in [6.45, 7) is 3.23. The Morgan fingerprint density at radius 3 is 2.78 bits per heavy atom. The molecule has 27 heavy (non-hydrogen) atoms. The van der Waals surface area contributed by atoms with Crippen molar-refractivity contribution in [3.63, 3.8) is 0 Å². The molecule has 3 aromatic rings. The summed E-state index contributed by atoms with van der Waals surface area (Å²) in [5.74, 6) is -0.751. The second-order valence-corrected chi connectivity index (χ2v) is 7.12. The number of thiazole rings is 1. The number of pyridine rings is 1. The molecule has 0 saturated carbocycles. The van der Waals surface area contributed by atoms with E-state index in [1.165, 1.54) is 17.5 Å². The number of hydrogen-bond acceptors (Lipinski definition) is 8. The van der Waals surface area contributed by atoms with Crippen LogP contribution in [0.3, 0.4) is 0 Å². The Labute approximate surface area is 158 Å². The van der Waals surface area contributed by atoms with Gasteiger partial charge in [0.2, 0.25) is 11.8 Å². The number of rotatable bonds is 7. The number of furan rings is 1. The molecule has 0 aliphatic carbocycles. The molecule has 0 fully saturated rings. The summed E-state index contributed by atoms with van der Waals surface area (Å²) in [5, 5.41) is 13.0. The number of aryl methyl sites for hydroxylation is 2. The maximum Gasteiger partial charge on any atom is 0.256 e. The van der Waals surface area contributed by atoms with E-state index in [4.69, 9.17) is 14.9 Å². The molecule has 10 heteroatoms. The molecule has 3 rings (SSSR count). The number of amides is 2. The van der Waals surface area contributed by atoms with Gasteiger partial charge in [0, 0.05) is 17.6 Å². The van der Waals surface area contributed by atoms with Crippen molar-refractivity contribution in [2.24, 2.45) is 5.73 Å². The Morgan fingerprint density at radius 2 is 2.15 bits per heavy atom. The van der Waals surface area contributed by atoms with Crippen molar-refractivity contribution in [3.8, 4) is 5.88 Å². The summed E-state index contributed by atoms with van der Waals surface area (Å²) >= 11 is 1.52. The van der Waals surface area contributed by atoms with E-state index in [9.17, 15) is 14.7 Å². The lowest BCUT2D eigenvalue weighted by molar-refractivity contribution is -0.120. The second-order valence-electron chi connectivity index (χ2n) is 5.80. The molecule has 0 aromatic carbocycles. The first kappa shape index (κ1) is 18.8. The molecular weight excluding hydrogens is 372 g/mol. The number of ether oxygens (including phenoxy) is 1. The third kappa shape index (κ3) is 4.07. The standard InChI is InChI=1S/C17H18N4O5S/c1-8-15(17(24)21-12(6-22)16(18)23)11-3-14(20-5-13(11)26-8)25-7-10-4-19-9(2)27-10/h3-5,12,22H,6-7H2,1-2H3,(H2,18,23)(H,21,24)/t12-/m0/s1. The zero-order valence-corrected chi connectivity index (χ0v) is 15.5. The summed E-state index contributed by atoms with van der Waals surface area (Å²) in [6.07, 6.45) is 3.20. The molecule has 0 spiro atoms. The summed E-state index contributed by atoms with van der Waals surface area (Å²) in [6, 6.07) is 0.404. The fraction of sp³-hybridized carbons (Fsp3) is 0.294. The van der Waals surface area contributed by atoms with E-state index >= 15 is 0 Å². The number of primary amides is 1. The van der Waals surface area contributed by atoms with Gasteiger partial charge in [-0.05, 0) is 13.8 Å². The van der Waals surface area contributed by atoms with Gasteiger partial charge in [0.05, 0.1) is 28.3 Å². The van der Waals surface area contributed by atoms with Gasteiger partial charge in [0.15, 0.2) is 5.58 Å². The molecule has 142 valence electrons. The van der Waals surface area contributed by atoms with Gasteiger partial charge in [-0.25, -0.2) is 9.97 Å². The number of hydrogen-bond donors (Lipinski definition) is 3. The van der Waals surface area contributed by atoms with Crippen molar-refractivity contribution >= 4 is 34.1 Å². The number of nitrogens with zero attached hydrogens (tertiary/aromatic N) is 2. The summed E-state index contributed by atoms with van der Waals surface area (Å²) in [5.41, 5.74) is 5.78. The van der Waals surface area contributed by atoms with Crippen LogP contribution in [-0.2, 0) is 11.4 Å². The third-order valence-corrected chi connectivity index (χ3v) is 4.70. The maximum absolute atomic E-state index is 12.5. The number of nitrogens with two attached hydrogens (primary N) is 1. The third-order valence-electron chi connectivity index (χ3n) is 3.82. The predicted octanol–water partition coefficient (Wildman–Crippen LogP) is 1.06. The molecule has 0 aliphatic rings. The van der Waals surface area contributed by atoms with E-state index in [0.29, 0.717) is 29.2 Å². The highest BCUT2D eigenvalue weighted by Gasteiger charge is 2.23. The van der Waals surface area contributed by atoms with Crippen molar-refractivity contribution in [3.05, 3.63) is 39.7 Å². The van der Waals surface area contributed by atoms with E-state index in [0.717, 1.165) is 9.88 Å². The van der Waals surface area contributed by atoms with Gasteiger partial charge in [-0.3, -0.25) is 9.59 Å². The summed E-state index contributed by atoms with van der Waals surface area (Å²) in [7, 11) is 0. The first-order valence-corrected chi connectivity index (χ1v) is 8.85. The van der Waals surface area contributed by atoms with Crippen molar-refractivity contribution in [2.45, 2.75) is 26.5 Å². The lowest BCUT2D eigenvalue weighted by Gasteiger charge is -2.12. The normalized spacial score (nSPS) is 12.1. The van der Waals surface area contributed by atoms with Crippen LogP contribution in [0.2, 0.25) is 0 Å². The smallest absolute Gasteiger partial charge is 0.256 e. The highest BCUT2D eigenvalue weighted by molar-refractivity contribution is 7.11. The van der Waals surface area contributed by atoms with Crippen LogP contribution in [0.4, 0.5) is 0 Å². The summed E-state index contributed by atoms with van der Waals surface area (Å²) in [4.78, 5) is 33.1. The van der Waals surface area contributed by atoms with E-state index in [1.807, 2.05) is 6.92 Å². The topological polar surface area (TPSA) is 141 Å². The molecular formula is C17H18N4O5S. The van der Waals surface area contributed by atoms with Crippen molar-refractivity contribution < 1.29 is 23.8 Å². The van der Waals surface area contributed by atoms with E-state index < -0.39 is 24.5 Å². The minimum absolute atomic E-state index is 0.227. The van der Waals surface area contributed by atoms with Gasteiger partial charge in [0.25, 0.3) is 5.91 Å². The van der Waals surface area contributed by atoms with Crippen LogP contribution in [-0.4, -0.2) is 39.5 Å². The van der Waals surface area contributed by atoms with Gasteiger partial charge >= 0.3 is 0 Å². The van der Waals surface area contributed by atoms with Crippen molar-refractivity contribution in [1.82, 2.24) is 15.3 Å². The van der Waals surface area contributed by atoms with Crippen LogP contribution < -0.4 is 15.8 Å². The largest absolute Gasteiger partial charge is 0.472 e. The molecule has 0 bridgehead atoms. The van der Waals surface area contributed by atoms with E-state index in [-0.39, 0.29) is 5.56 Å². The monoisotopic (exact) mass is 390 g/mol. The predicted molar refractivity (Wildman–Crippen MR) is 97.5 cm³/mol. The Bertz CT molecular complexity index is 997. The van der Waals surface area contributed by atoms with Crippen LogP contribution in [0, 0.1) is 13.8 Å². The van der Waals surface area contributed by atoms with E-state index in [2.05, 4.69) is 15.3 Å². The maximum atomic E-state index is 12.5. The molecule has 0 aliphatic heterocycles. The van der Waals surface area contributed by atoms with Gasteiger partial charge in [-0.15, -0.1) is 11.3 Å². The number of aliphatic hydroxyl groups is 1. The fourth-order valence-electron chi connectivity index (χ4n) is 2.52. The molecule has 3 heterocycles. The molecule has 3 aromatic heterocycles. The highest BCUT2D eigenvalue weighted by atomic mass is 32.1. The summed E-state index contributed by atoms with van der Waals surface area (Å²) < 4.78 is 11.2. The molecule has 1 atom stereocenters. The van der Waals surface area contributed by atoms with Crippen LogP contribution in [0.15, 0.2) is 22.9 Å². The fourth-order valence-corrected chi connectivity index (χ4v) is 3.23. The second kappa shape index (κ2) is 7.72. The first-order valence-electron chi connectivity index (χ1n) is 8.03. The van der Waals surface area contributed by atoms with Crippen LogP contribution in [0.1, 0.15) is 26.0 Å². The molecule has 2 amide bonds. The van der Waals surface area contributed by atoms with Gasteiger partial charge in [-0.1, -0.05) is 0 Å². The molecule has 0 radical (unpaired) electrons. The minimum Gasteiger partial charge on any atom is -0.472 e. The van der Waals surface area contributed by atoms with Crippen LogP contribution in [0.25, 0.3) is 11.0 Å². The number of fused-ring (bicyclic) bond motifs is 1. The van der Waals surface area contributed by atoms with Gasteiger partial charge in [0.1, 0.15) is 18.4 Å². The van der Waals surface area contributed by atoms with Gasteiger partial charge in [-0.2, -0.15) is 0 Å². The average molecular weight is 390 g/mol. The van der Waals surface area contributed by atoms with Gasteiger partial charge < -0.3 is 25.3 Å². The van der Waals surface area contributed by atoms with E-state index in [1.54, 1.807) is 19.2 Å². The van der Waals surface area contributed by atoms with Crippen molar-refractivity contribution in [2.75, 3.05) is 6.61 Å². The van der Waals surface area contributed by atoms with Crippen LogP contribution in [0.5, 0.6) is 5.88 Å². The first-order chi connectivity index (χ1) is 12.9. The Hall–Kier alpha value is -2.98. The molecule has 0 saturated heterocycles. The lowest BCUT2D eigenvalue weighted by atomic mass is 10.1. The number of aromatic nitrogens is 2. The number of carbonyl (C=O) groups is 2. The molecule has 0 unspecified atom stereocenters. The average Bonchev–Trinajstić information content (AvgIpc) is 3.19. The van der Waals surface area contributed by atoms with Crippen LogP contribution >= 0.6 is 11.3 Å². The number of nitrogens with one attached hydrogen (secondary N) is 1. The Kier molecular flexibility index (Phi) is 5.38. The highest BCUT2D eigenvalue weighted by Crippen LogP contribution is 2.28. The zero-order valence-electron chi connectivity index (χ0n) is 14.7. The number of aliphatic hydroxyl groups excluding tert-OH is 1. The SMILES string of the molecule is Cc1ncc(COc2cc3c(C(=O)N[C@@H](CO)C(N)=O)c(C)oc3cn2)s1. The number of carbonyl (C=O) groups excluding carboxylic acids is 2. The lowest BCUT2D eigenvalue weighted by Crippen LogP contribution is -2.46. The minimum atomic E-state index is -1.19. The van der Waals surface area contributed by atoms with Crippen molar-refractivity contribution in [1.29, 1.82) is 0 Å². The Morgan fingerprint density at radius 1 is 1.37 bits per heavy atom. The molecule has 4 N–H and O–H groups in total. The molecule has 9 nitrogen and oxygen atoms in total.